The summed E-state index contributed by atoms with van der Waals surface area (Å²) in [5.74, 6) is -0.0659. The highest BCUT2D eigenvalue weighted by molar-refractivity contribution is 5.79. The average molecular weight is 283 g/mol. The van der Waals surface area contributed by atoms with Crippen molar-refractivity contribution >= 4 is 5.96 Å². The number of nitrogens with one attached hydrogen (secondary N) is 2. The maximum Gasteiger partial charge on any atom is 0.191 e. The van der Waals surface area contributed by atoms with Crippen LogP contribution in [0.5, 0.6) is 0 Å². The van der Waals surface area contributed by atoms with Crippen LogP contribution >= 0.6 is 0 Å². The Hall–Kier alpha value is -1.65. The number of nitrogens with zero attached hydrogens (tertiary/aromatic N) is 1. The lowest BCUT2D eigenvalue weighted by Crippen LogP contribution is -2.38. The largest absolute Gasteiger partial charge is 0.357 e. The molecular formula is C15H23F2N3. The van der Waals surface area contributed by atoms with Crippen LogP contribution in [0.4, 0.5) is 8.78 Å². The summed E-state index contributed by atoms with van der Waals surface area (Å²) in [6.45, 7) is 6.15. The average Bonchev–Trinajstić information content (AvgIpc) is 2.43. The standard InChI is InChI=1S/C15H23F2N3/c1-3-5-9-19-15(18-4-2)20-10-8-12-11-13(16)6-7-14(12)17/h6-7,11H,3-5,8-10H2,1-2H3,(H2,18,19,20). The Bertz CT molecular complexity index is 433. The van der Waals surface area contributed by atoms with Crippen molar-refractivity contribution in [3.05, 3.63) is 35.4 Å². The molecule has 112 valence electrons. The molecule has 0 spiro atoms. The lowest BCUT2D eigenvalue weighted by atomic mass is 10.1. The third-order valence-corrected chi connectivity index (χ3v) is 2.82. The molecule has 3 nitrogen and oxygen atoms in total. The summed E-state index contributed by atoms with van der Waals surface area (Å²) >= 11 is 0. The first-order valence-electron chi connectivity index (χ1n) is 7.13. The molecule has 0 fully saturated rings. The van der Waals surface area contributed by atoms with E-state index in [-0.39, 0.29) is 5.82 Å². The molecule has 0 aromatic heterocycles. The van der Waals surface area contributed by atoms with E-state index in [2.05, 4.69) is 22.5 Å². The molecule has 0 aliphatic rings. The minimum Gasteiger partial charge on any atom is -0.357 e. The molecule has 1 aromatic rings. The Morgan fingerprint density at radius 3 is 2.70 bits per heavy atom. The Kier molecular flexibility index (Phi) is 7.62. The second-order valence-corrected chi connectivity index (χ2v) is 4.53. The molecule has 0 bridgehead atoms. The van der Waals surface area contributed by atoms with E-state index in [9.17, 15) is 8.78 Å². The van der Waals surface area contributed by atoms with E-state index >= 15 is 0 Å². The van der Waals surface area contributed by atoms with Gasteiger partial charge in [-0.3, -0.25) is 4.99 Å². The van der Waals surface area contributed by atoms with Gasteiger partial charge in [-0.25, -0.2) is 8.78 Å². The molecule has 0 radical (unpaired) electrons. The van der Waals surface area contributed by atoms with E-state index in [1.807, 2.05) is 6.92 Å². The number of hydrogen-bond acceptors (Lipinski definition) is 1. The first-order chi connectivity index (χ1) is 9.67. The lowest BCUT2D eigenvalue weighted by molar-refractivity contribution is 0.583. The molecule has 0 atom stereocenters. The molecule has 0 unspecified atom stereocenters. The number of guanidine groups is 1. The van der Waals surface area contributed by atoms with E-state index in [1.165, 1.54) is 6.07 Å². The molecule has 0 saturated heterocycles. The smallest absolute Gasteiger partial charge is 0.191 e. The molecule has 0 amide bonds. The number of rotatable bonds is 7. The van der Waals surface area contributed by atoms with Gasteiger partial charge < -0.3 is 10.6 Å². The van der Waals surface area contributed by atoms with Gasteiger partial charge in [0.2, 0.25) is 0 Å². The van der Waals surface area contributed by atoms with E-state index in [1.54, 1.807) is 0 Å². The maximum atomic E-state index is 13.5. The normalized spacial score (nSPS) is 11.5. The second-order valence-electron chi connectivity index (χ2n) is 4.53. The molecule has 0 aliphatic carbocycles. The van der Waals surface area contributed by atoms with Crippen LogP contribution in [0.2, 0.25) is 0 Å². The first-order valence-corrected chi connectivity index (χ1v) is 7.13. The van der Waals surface area contributed by atoms with Crippen LogP contribution in [0.1, 0.15) is 32.3 Å². The monoisotopic (exact) mass is 283 g/mol. The van der Waals surface area contributed by atoms with Crippen LogP contribution in [0.3, 0.4) is 0 Å². The second kappa shape index (κ2) is 9.28. The van der Waals surface area contributed by atoms with Gasteiger partial charge in [-0.1, -0.05) is 13.3 Å². The van der Waals surface area contributed by atoms with Gasteiger partial charge in [0.15, 0.2) is 5.96 Å². The van der Waals surface area contributed by atoms with Crippen molar-refractivity contribution in [2.24, 2.45) is 4.99 Å². The maximum absolute atomic E-state index is 13.5. The fourth-order valence-corrected chi connectivity index (χ4v) is 1.74. The predicted octanol–water partition coefficient (Wildman–Crippen LogP) is 2.86. The molecule has 1 aromatic carbocycles. The third kappa shape index (κ3) is 5.99. The van der Waals surface area contributed by atoms with Crippen LogP contribution in [0.25, 0.3) is 0 Å². The summed E-state index contributed by atoms with van der Waals surface area (Å²) in [5, 5.41) is 6.25. The predicted molar refractivity (Wildman–Crippen MR) is 79.0 cm³/mol. The molecule has 0 aliphatic heterocycles. The summed E-state index contributed by atoms with van der Waals surface area (Å²) in [4.78, 5) is 4.40. The SMILES string of the molecule is CCCCN=C(NCC)NCCc1cc(F)ccc1F. The number of aliphatic imine (C=N–C) groups is 1. The van der Waals surface area contributed by atoms with Crippen molar-refractivity contribution in [1.29, 1.82) is 0 Å². The molecule has 20 heavy (non-hydrogen) atoms. The molecular weight excluding hydrogens is 260 g/mol. The van der Waals surface area contributed by atoms with E-state index in [0.717, 1.165) is 44.0 Å². The van der Waals surface area contributed by atoms with Gasteiger partial charge in [-0.2, -0.15) is 0 Å². The zero-order valence-electron chi connectivity index (χ0n) is 12.2. The Balaban J connectivity index is 2.47. The quantitative estimate of drug-likeness (QED) is 0.458. The van der Waals surface area contributed by atoms with E-state index in [4.69, 9.17) is 0 Å². The summed E-state index contributed by atoms with van der Waals surface area (Å²) < 4.78 is 26.5. The number of unbranched alkanes of at least 4 members (excludes halogenated alkanes) is 1. The zero-order chi connectivity index (χ0) is 14.8. The zero-order valence-corrected chi connectivity index (χ0v) is 12.2. The van der Waals surface area contributed by atoms with Crippen molar-refractivity contribution in [2.45, 2.75) is 33.1 Å². The van der Waals surface area contributed by atoms with Gasteiger partial charge in [-0.05, 0) is 43.5 Å². The van der Waals surface area contributed by atoms with Gasteiger partial charge in [0.25, 0.3) is 0 Å². The summed E-state index contributed by atoms with van der Waals surface area (Å²) in [5.41, 5.74) is 0.377. The van der Waals surface area contributed by atoms with Gasteiger partial charge in [-0.15, -0.1) is 0 Å². The highest BCUT2D eigenvalue weighted by Gasteiger charge is 2.04. The Morgan fingerprint density at radius 1 is 1.20 bits per heavy atom. The van der Waals surface area contributed by atoms with Crippen LogP contribution in [0, 0.1) is 11.6 Å². The summed E-state index contributed by atoms with van der Waals surface area (Å²) in [6.07, 6.45) is 2.55. The molecule has 0 saturated carbocycles. The van der Waals surface area contributed by atoms with Crippen molar-refractivity contribution < 1.29 is 8.78 Å². The van der Waals surface area contributed by atoms with Gasteiger partial charge >= 0.3 is 0 Å². The topological polar surface area (TPSA) is 36.4 Å². The minimum atomic E-state index is -0.412. The fraction of sp³-hybridized carbons (Fsp3) is 0.533. The van der Waals surface area contributed by atoms with Gasteiger partial charge in [0.05, 0.1) is 0 Å². The third-order valence-electron chi connectivity index (χ3n) is 2.82. The van der Waals surface area contributed by atoms with Crippen LogP contribution in [-0.4, -0.2) is 25.6 Å². The summed E-state index contributed by atoms with van der Waals surface area (Å²) in [6, 6.07) is 3.52. The molecule has 1 rings (SSSR count). The van der Waals surface area contributed by atoms with Crippen molar-refractivity contribution in [1.82, 2.24) is 10.6 Å². The van der Waals surface area contributed by atoms with Crippen molar-refractivity contribution in [3.63, 3.8) is 0 Å². The molecule has 5 heteroatoms. The van der Waals surface area contributed by atoms with E-state index in [0.29, 0.717) is 18.5 Å². The highest BCUT2D eigenvalue weighted by atomic mass is 19.1. The van der Waals surface area contributed by atoms with Crippen LogP contribution < -0.4 is 10.6 Å². The fourth-order valence-electron chi connectivity index (χ4n) is 1.74. The number of benzene rings is 1. The van der Waals surface area contributed by atoms with E-state index < -0.39 is 5.82 Å². The van der Waals surface area contributed by atoms with Gasteiger partial charge in [0.1, 0.15) is 11.6 Å². The first kappa shape index (κ1) is 16.4. The van der Waals surface area contributed by atoms with Crippen molar-refractivity contribution in [2.75, 3.05) is 19.6 Å². The molecule has 0 heterocycles. The van der Waals surface area contributed by atoms with Gasteiger partial charge in [0, 0.05) is 19.6 Å². The van der Waals surface area contributed by atoms with Crippen LogP contribution in [-0.2, 0) is 6.42 Å². The Labute approximate surface area is 119 Å². The summed E-state index contributed by atoms with van der Waals surface area (Å²) in [7, 11) is 0. The van der Waals surface area contributed by atoms with Crippen LogP contribution in [0.15, 0.2) is 23.2 Å². The van der Waals surface area contributed by atoms with Crippen molar-refractivity contribution in [3.8, 4) is 0 Å². The lowest BCUT2D eigenvalue weighted by Gasteiger charge is -2.11. The number of hydrogen-bond donors (Lipinski definition) is 2. The number of halogens is 2. The molecule has 2 N–H and O–H groups in total. The minimum absolute atomic E-state index is 0.374. The Morgan fingerprint density at radius 2 is 2.00 bits per heavy atom. The highest BCUT2D eigenvalue weighted by Crippen LogP contribution is 2.09.